The fourth-order valence-electron chi connectivity index (χ4n) is 1.27. The molecular formula is C10H18N2O6. The van der Waals surface area contributed by atoms with E-state index >= 15 is 0 Å². The molecular weight excluding hydrogens is 244 g/mol. The maximum absolute atomic E-state index is 11.8. The summed E-state index contributed by atoms with van der Waals surface area (Å²) < 4.78 is 4.76. The molecule has 4 N–H and O–H groups in total. The average molecular weight is 262 g/mol. The van der Waals surface area contributed by atoms with Gasteiger partial charge < -0.3 is 25.6 Å². The van der Waals surface area contributed by atoms with Gasteiger partial charge in [0.15, 0.2) is 0 Å². The summed E-state index contributed by atoms with van der Waals surface area (Å²) in [6.07, 6.45) is -0.268. The molecule has 0 aromatic rings. The van der Waals surface area contributed by atoms with Gasteiger partial charge in [-0.05, 0) is 6.42 Å². The standard InChI is InChI=1S/C10H18N2O6/c1-18-5-4-12(6-9(15)16)10(17)7(11)2-3-8(13)14/h7H,2-6,11H2,1H3,(H,13,14)(H,15,16). The lowest BCUT2D eigenvalue weighted by Crippen LogP contribution is -2.47. The molecule has 0 fully saturated rings. The fourth-order valence-corrected chi connectivity index (χ4v) is 1.27. The Morgan fingerprint density at radius 2 is 1.89 bits per heavy atom. The summed E-state index contributed by atoms with van der Waals surface area (Å²) >= 11 is 0. The Labute approximate surface area is 104 Å². The maximum Gasteiger partial charge on any atom is 0.323 e. The maximum atomic E-state index is 11.8. The van der Waals surface area contributed by atoms with Crippen LogP contribution in [0, 0.1) is 0 Å². The molecule has 1 unspecified atom stereocenters. The predicted molar refractivity (Wildman–Crippen MR) is 60.9 cm³/mol. The highest BCUT2D eigenvalue weighted by atomic mass is 16.5. The molecule has 0 saturated carbocycles. The summed E-state index contributed by atoms with van der Waals surface area (Å²) in [6.45, 7) is -0.198. The van der Waals surface area contributed by atoms with Gasteiger partial charge in [-0.1, -0.05) is 0 Å². The second kappa shape index (κ2) is 8.43. The number of carboxylic acid groups (broad SMARTS) is 2. The molecule has 8 nitrogen and oxygen atoms in total. The number of ether oxygens (including phenoxy) is 1. The van der Waals surface area contributed by atoms with Gasteiger partial charge in [-0.3, -0.25) is 14.4 Å². The summed E-state index contributed by atoms with van der Waals surface area (Å²) in [4.78, 5) is 33.8. The van der Waals surface area contributed by atoms with Gasteiger partial charge in [-0.2, -0.15) is 0 Å². The summed E-state index contributed by atoms with van der Waals surface area (Å²) in [5, 5.41) is 17.1. The minimum absolute atomic E-state index is 0.0305. The molecule has 1 atom stereocenters. The third kappa shape index (κ3) is 6.81. The van der Waals surface area contributed by atoms with Crippen molar-refractivity contribution in [3.63, 3.8) is 0 Å². The van der Waals surface area contributed by atoms with Gasteiger partial charge in [0, 0.05) is 20.1 Å². The molecule has 104 valence electrons. The second-order valence-corrected chi connectivity index (χ2v) is 3.69. The lowest BCUT2D eigenvalue weighted by molar-refractivity contribution is -0.146. The molecule has 1 amide bonds. The van der Waals surface area contributed by atoms with Crippen LogP contribution in [0.15, 0.2) is 0 Å². The highest BCUT2D eigenvalue weighted by Crippen LogP contribution is 2.01. The van der Waals surface area contributed by atoms with E-state index in [-0.39, 0.29) is 26.0 Å². The van der Waals surface area contributed by atoms with Crippen molar-refractivity contribution >= 4 is 17.8 Å². The number of rotatable bonds is 9. The number of methoxy groups -OCH3 is 1. The minimum atomic E-state index is -1.16. The van der Waals surface area contributed by atoms with Crippen LogP contribution in [-0.4, -0.2) is 65.8 Å². The van der Waals surface area contributed by atoms with Crippen molar-refractivity contribution in [2.24, 2.45) is 5.73 Å². The van der Waals surface area contributed by atoms with Crippen LogP contribution in [0.5, 0.6) is 0 Å². The van der Waals surface area contributed by atoms with Gasteiger partial charge >= 0.3 is 11.9 Å². The summed E-state index contributed by atoms with van der Waals surface area (Å²) in [6, 6.07) is -1.02. The molecule has 0 rings (SSSR count). The number of amides is 1. The molecule has 0 spiro atoms. The van der Waals surface area contributed by atoms with E-state index in [4.69, 9.17) is 20.7 Å². The zero-order valence-corrected chi connectivity index (χ0v) is 10.2. The third-order valence-corrected chi connectivity index (χ3v) is 2.19. The van der Waals surface area contributed by atoms with E-state index in [1.54, 1.807) is 0 Å². The van der Waals surface area contributed by atoms with Crippen molar-refractivity contribution in [1.29, 1.82) is 0 Å². The highest BCUT2D eigenvalue weighted by Gasteiger charge is 2.23. The number of nitrogens with two attached hydrogens (primary N) is 1. The summed E-state index contributed by atoms with van der Waals surface area (Å²) in [5.41, 5.74) is 5.53. The normalized spacial score (nSPS) is 11.9. The first-order chi connectivity index (χ1) is 8.38. The number of nitrogens with zero attached hydrogens (tertiary/aromatic N) is 1. The number of carboxylic acids is 2. The van der Waals surface area contributed by atoms with Crippen LogP contribution in [0.3, 0.4) is 0 Å². The van der Waals surface area contributed by atoms with E-state index < -0.39 is 30.4 Å². The number of carbonyl (C=O) groups is 3. The Balaban J connectivity index is 4.41. The SMILES string of the molecule is COCCN(CC(=O)O)C(=O)C(N)CCC(=O)O. The second-order valence-electron chi connectivity index (χ2n) is 3.69. The topological polar surface area (TPSA) is 130 Å². The lowest BCUT2D eigenvalue weighted by atomic mass is 10.1. The molecule has 0 bridgehead atoms. The zero-order valence-electron chi connectivity index (χ0n) is 10.2. The van der Waals surface area contributed by atoms with Gasteiger partial charge in [0.1, 0.15) is 6.54 Å². The summed E-state index contributed by atoms with van der Waals surface area (Å²) in [7, 11) is 1.42. The van der Waals surface area contributed by atoms with Crippen LogP contribution in [0.2, 0.25) is 0 Å². The molecule has 0 saturated heterocycles. The first-order valence-corrected chi connectivity index (χ1v) is 5.35. The average Bonchev–Trinajstić information content (AvgIpc) is 2.29. The number of hydrogen-bond donors (Lipinski definition) is 3. The number of carbonyl (C=O) groups excluding carboxylic acids is 1. The highest BCUT2D eigenvalue weighted by molar-refractivity contribution is 5.85. The van der Waals surface area contributed by atoms with Crippen LogP contribution >= 0.6 is 0 Å². The van der Waals surface area contributed by atoms with Crippen LogP contribution in [0.1, 0.15) is 12.8 Å². The fraction of sp³-hybridized carbons (Fsp3) is 0.700. The Kier molecular flexibility index (Phi) is 7.64. The largest absolute Gasteiger partial charge is 0.481 e. The first-order valence-electron chi connectivity index (χ1n) is 5.35. The molecule has 8 heteroatoms. The Bertz CT molecular complexity index is 307. The van der Waals surface area contributed by atoms with Crippen LogP contribution in [-0.2, 0) is 19.1 Å². The van der Waals surface area contributed by atoms with E-state index in [1.807, 2.05) is 0 Å². The van der Waals surface area contributed by atoms with Crippen molar-refractivity contribution in [3.8, 4) is 0 Å². The first kappa shape index (κ1) is 16.3. The minimum Gasteiger partial charge on any atom is -0.481 e. The molecule has 0 aliphatic rings. The van der Waals surface area contributed by atoms with E-state index in [0.717, 1.165) is 4.90 Å². The van der Waals surface area contributed by atoms with Gasteiger partial charge in [0.2, 0.25) is 5.91 Å². The number of aliphatic carboxylic acids is 2. The van der Waals surface area contributed by atoms with Crippen molar-refractivity contribution in [1.82, 2.24) is 4.90 Å². The van der Waals surface area contributed by atoms with Crippen molar-refractivity contribution < 1.29 is 29.3 Å². The van der Waals surface area contributed by atoms with Gasteiger partial charge in [-0.15, -0.1) is 0 Å². The Hall–Kier alpha value is -1.67. The smallest absolute Gasteiger partial charge is 0.323 e. The Morgan fingerprint density at radius 3 is 2.33 bits per heavy atom. The van der Waals surface area contributed by atoms with Gasteiger partial charge in [-0.25, -0.2) is 0 Å². The predicted octanol–water partition coefficient (Wildman–Crippen LogP) is -1.26. The molecule has 0 aliphatic carbocycles. The van der Waals surface area contributed by atoms with Crippen molar-refractivity contribution in [2.75, 3.05) is 26.8 Å². The van der Waals surface area contributed by atoms with E-state index in [2.05, 4.69) is 0 Å². The quantitative estimate of drug-likeness (QED) is 0.472. The molecule has 0 aromatic carbocycles. The van der Waals surface area contributed by atoms with E-state index in [9.17, 15) is 14.4 Å². The van der Waals surface area contributed by atoms with Crippen LogP contribution in [0.25, 0.3) is 0 Å². The lowest BCUT2D eigenvalue weighted by Gasteiger charge is -2.23. The van der Waals surface area contributed by atoms with Crippen molar-refractivity contribution in [3.05, 3.63) is 0 Å². The van der Waals surface area contributed by atoms with Gasteiger partial charge in [0.05, 0.1) is 12.6 Å². The Morgan fingerprint density at radius 1 is 1.28 bits per heavy atom. The molecule has 0 heterocycles. The summed E-state index contributed by atoms with van der Waals surface area (Å²) in [5.74, 6) is -2.81. The number of hydrogen-bond acceptors (Lipinski definition) is 5. The zero-order chi connectivity index (χ0) is 14.1. The molecule has 0 aromatic heterocycles. The van der Waals surface area contributed by atoms with Crippen LogP contribution in [0.4, 0.5) is 0 Å². The van der Waals surface area contributed by atoms with E-state index in [0.29, 0.717) is 0 Å². The van der Waals surface area contributed by atoms with Crippen LogP contribution < -0.4 is 5.73 Å². The van der Waals surface area contributed by atoms with E-state index in [1.165, 1.54) is 7.11 Å². The third-order valence-electron chi connectivity index (χ3n) is 2.19. The molecule has 0 aliphatic heterocycles. The monoisotopic (exact) mass is 262 g/mol. The van der Waals surface area contributed by atoms with Gasteiger partial charge in [0.25, 0.3) is 0 Å². The molecule has 0 radical (unpaired) electrons. The van der Waals surface area contributed by atoms with Crippen molar-refractivity contribution in [2.45, 2.75) is 18.9 Å². The molecule has 18 heavy (non-hydrogen) atoms.